The molecule has 33 heavy (non-hydrogen) atoms. The zero-order valence-electron chi connectivity index (χ0n) is 19.5. The Morgan fingerprint density at radius 2 is 1.85 bits per heavy atom. The van der Waals surface area contributed by atoms with E-state index in [4.69, 9.17) is 19.9 Å². The highest BCUT2D eigenvalue weighted by molar-refractivity contribution is 5.99. The molecule has 4 rings (SSSR count). The van der Waals surface area contributed by atoms with E-state index in [1.807, 2.05) is 18.2 Å². The summed E-state index contributed by atoms with van der Waals surface area (Å²) < 4.78 is 17.4. The Balaban J connectivity index is 1.69. The van der Waals surface area contributed by atoms with Gasteiger partial charge in [0.25, 0.3) is 0 Å². The number of nitrogens with two attached hydrogens (primary N) is 1. The predicted octanol–water partition coefficient (Wildman–Crippen LogP) is 5.01. The van der Waals surface area contributed by atoms with Crippen molar-refractivity contribution in [2.45, 2.75) is 52.6 Å². The summed E-state index contributed by atoms with van der Waals surface area (Å²) >= 11 is 0. The maximum absolute atomic E-state index is 12.8. The number of allylic oxidation sites excluding steroid dienone is 3. The lowest BCUT2D eigenvalue weighted by Gasteiger charge is -2.31. The standard InChI is InChI=1S/C27H28N2O4/c1-15-10-16(2)20(17(3)11-15)14-32-22-9-8-18(12-24(22)31-4)25-19(13-28)27(29)33-23-7-5-6-21(30)26(23)25/h8-12,25H,5-7,14,29H2,1-4H3/t25-/m0/s1. The summed E-state index contributed by atoms with van der Waals surface area (Å²) in [5.41, 5.74) is 12.3. The second-order valence-electron chi connectivity index (χ2n) is 8.61. The molecule has 1 heterocycles. The van der Waals surface area contributed by atoms with Crippen LogP contribution in [0.25, 0.3) is 0 Å². The van der Waals surface area contributed by atoms with Gasteiger partial charge in [-0.05, 0) is 61.6 Å². The zero-order chi connectivity index (χ0) is 23.7. The topological polar surface area (TPSA) is 94.6 Å². The van der Waals surface area contributed by atoms with Crippen molar-refractivity contribution in [3.05, 3.63) is 80.9 Å². The Kier molecular flexibility index (Phi) is 6.15. The van der Waals surface area contributed by atoms with E-state index in [0.717, 1.165) is 11.1 Å². The number of hydrogen-bond donors (Lipinski definition) is 1. The van der Waals surface area contributed by atoms with E-state index in [0.29, 0.717) is 48.7 Å². The molecule has 0 fully saturated rings. The molecule has 0 spiro atoms. The molecule has 0 saturated heterocycles. The maximum Gasteiger partial charge on any atom is 0.205 e. The summed E-state index contributed by atoms with van der Waals surface area (Å²) in [6.07, 6.45) is 1.78. The first-order valence-electron chi connectivity index (χ1n) is 11.0. The van der Waals surface area contributed by atoms with Gasteiger partial charge in [-0.2, -0.15) is 5.26 Å². The number of Topliss-reactive ketones (excluding diaryl/α,β-unsaturated/α-hetero) is 1. The summed E-state index contributed by atoms with van der Waals surface area (Å²) in [5, 5.41) is 9.77. The largest absolute Gasteiger partial charge is 0.493 e. The Morgan fingerprint density at radius 3 is 2.52 bits per heavy atom. The van der Waals surface area contributed by atoms with E-state index in [-0.39, 0.29) is 17.2 Å². The van der Waals surface area contributed by atoms with Gasteiger partial charge < -0.3 is 19.9 Å². The number of nitrogens with zero attached hydrogens (tertiary/aromatic N) is 1. The number of carbonyl (C=O) groups is 1. The van der Waals surface area contributed by atoms with E-state index in [2.05, 4.69) is 39.0 Å². The molecule has 0 unspecified atom stereocenters. The lowest BCUT2D eigenvalue weighted by molar-refractivity contribution is -0.116. The van der Waals surface area contributed by atoms with Gasteiger partial charge >= 0.3 is 0 Å². The Bertz CT molecular complexity index is 1210. The number of nitriles is 1. The normalized spacial score (nSPS) is 17.9. The Labute approximate surface area is 194 Å². The van der Waals surface area contributed by atoms with Crippen LogP contribution in [0, 0.1) is 32.1 Å². The Hall–Kier alpha value is -3.72. The summed E-state index contributed by atoms with van der Waals surface area (Å²) in [6, 6.07) is 11.9. The van der Waals surface area contributed by atoms with Crippen molar-refractivity contribution in [3.8, 4) is 17.6 Å². The fourth-order valence-corrected chi connectivity index (χ4v) is 4.76. The first-order valence-corrected chi connectivity index (χ1v) is 11.0. The first-order chi connectivity index (χ1) is 15.8. The molecule has 0 amide bonds. The second kappa shape index (κ2) is 9.03. The molecule has 6 heteroatoms. The molecule has 170 valence electrons. The van der Waals surface area contributed by atoms with Crippen molar-refractivity contribution < 1.29 is 19.0 Å². The summed E-state index contributed by atoms with van der Waals surface area (Å²) in [7, 11) is 1.57. The molecule has 2 aromatic carbocycles. The van der Waals surface area contributed by atoms with Crippen LogP contribution in [0.5, 0.6) is 11.5 Å². The third-order valence-electron chi connectivity index (χ3n) is 6.34. The van der Waals surface area contributed by atoms with E-state index in [1.165, 1.54) is 16.7 Å². The molecule has 0 bridgehead atoms. The molecule has 2 aliphatic rings. The lowest BCUT2D eigenvalue weighted by atomic mass is 9.77. The number of rotatable bonds is 5. The zero-order valence-corrected chi connectivity index (χ0v) is 19.5. The monoisotopic (exact) mass is 444 g/mol. The highest BCUT2D eigenvalue weighted by atomic mass is 16.5. The number of hydrogen-bond acceptors (Lipinski definition) is 6. The molecule has 0 radical (unpaired) electrons. The quantitative estimate of drug-likeness (QED) is 0.696. The molecule has 2 aromatic rings. The van der Waals surface area contributed by atoms with Gasteiger partial charge in [0.15, 0.2) is 17.3 Å². The maximum atomic E-state index is 12.8. The smallest absolute Gasteiger partial charge is 0.205 e. The van der Waals surface area contributed by atoms with Crippen LogP contribution in [0.4, 0.5) is 0 Å². The van der Waals surface area contributed by atoms with Gasteiger partial charge in [0.1, 0.15) is 24.0 Å². The summed E-state index contributed by atoms with van der Waals surface area (Å²) in [6.45, 7) is 6.65. The highest BCUT2D eigenvalue weighted by Crippen LogP contribution is 2.45. The molecular formula is C27H28N2O4. The minimum Gasteiger partial charge on any atom is -0.493 e. The SMILES string of the molecule is COc1cc([C@H]2C(C#N)=C(N)OC3=C2C(=O)CCC3)ccc1OCc1c(C)cc(C)cc1C. The average Bonchev–Trinajstić information content (AvgIpc) is 2.77. The van der Waals surface area contributed by atoms with Gasteiger partial charge in [-0.25, -0.2) is 0 Å². The van der Waals surface area contributed by atoms with Crippen molar-refractivity contribution in [3.63, 3.8) is 0 Å². The van der Waals surface area contributed by atoms with Crippen LogP contribution in [-0.4, -0.2) is 12.9 Å². The van der Waals surface area contributed by atoms with Crippen molar-refractivity contribution in [2.75, 3.05) is 7.11 Å². The molecular weight excluding hydrogens is 416 g/mol. The van der Waals surface area contributed by atoms with Gasteiger partial charge in [-0.1, -0.05) is 23.8 Å². The van der Waals surface area contributed by atoms with E-state index in [9.17, 15) is 10.1 Å². The number of ether oxygens (including phenoxy) is 3. The molecule has 1 atom stereocenters. The average molecular weight is 445 g/mol. The predicted molar refractivity (Wildman–Crippen MR) is 125 cm³/mol. The fourth-order valence-electron chi connectivity index (χ4n) is 4.76. The van der Waals surface area contributed by atoms with Crippen molar-refractivity contribution in [1.82, 2.24) is 0 Å². The summed E-state index contributed by atoms with van der Waals surface area (Å²) in [4.78, 5) is 12.8. The van der Waals surface area contributed by atoms with Gasteiger partial charge in [-0.15, -0.1) is 0 Å². The van der Waals surface area contributed by atoms with Crippen LogP contribution in [0.3, 0.4) is 0 Å². The van der Waals surface area contributed by atoms with Crippen LogP contribution in [0.2, 0.25) is 0 Å². The molecule has 0 saturated carbocycles. The minimum absolute atomic E-state index is 0.00823. The highest BCUT2D eigenvalue weighted by Gasteiger charge is 2.38. The number of methoxy groups -OCH3 is 1. The number of carbonyl (C=O) groups excluding carboxylic acids is 1. The van der Waals surface area contributed by atoms with Gasteiger partial charge in [0, 0.05) is 18.4 Å². The number of benzene rings is 2. The van der Waals surface area contributed by atoms with Crippen LogP contribution < -0.4 is 15.2 Å². The van der Waals surface area contributed by atoms with Crippen LogP contribution in [-0.2, 0) is 16.1 Å². The fraction of sp³-hybridized carbons (Fsp3) is 0.333. The van der Waals surface area contributed by atoms with E-state index < -0.39 is 5.92 Å². The number of ketones is 1. The van der Waals surface area contributed by atoms with E-state index in [1.54, 1.807) is 7.11 Å². The molecule has 1 aliphatic heterocycles. The molecule has 0 aromatic heterocycles. The van der Waals surface area contributed by atoms with Gasteiger partial charge in [-0.3, -0.25) is 4.79 Å². The van der Waals surface area contributed by atoms with E-state index >= 15 is 0 Å². The number of aryl methyl sites for hydroxylation is 3. The third kappa shape index (κ3) is 4.19. The van der Waals surface area contributed by atoms with Crippen molar-refractivity contribution in [2.24, 2.45) is 5.73 Å². The second-order valence-corrected chi connectivity index (χ2v) is 8.61. The first kappa shape index (κ1) is 22.5. The van der Waals surface area contributed by atoms with Crippen LogP contribution >= 0.6 is 0 Å². The van der Waals surface area contributed by atoms with Crippen LogP contribution in [0.15, 0.2) is 53.1 Å². The van der Waals surface area contributed by atoms with Crippen molar-refractivity contribution >= 4 is 5.78 Å². The van der Waals surface area contributed by atoms with Gasteiger partial charge in [0.05, 0.1) is 13.0 Å². The third-order valence-corrected chi connectivity index (χ3v) is 6.34. The minimum atomic E-state index is -0.573. The van der Waals surface area contributed by atoms with Crippen LogP contribution in [0.1, 0.15) is 53.0 Å². The van der Waals surface area contributed by atoms with Gasteiger partial charge in [0.2, 0.25) is 5.88 Å². The molecule has 1 aliphatic carbocycles. The summed E-state index contributed by atoms with van der Waals surface area (Å²) in [5.74, 6) is 1.16. The van der Waals surface area contributed by atoms with Crippen molar-refractivity contribution in [1.29, 1.82) is 5.26 Å². The lowest BCUT2D eigenvalue weighted by Crippen LogP contribution is -2.27. The molecule has 2 N–H and O–H groups in total. The molecule has 6 nitrogen and oxygen atoms in total. The Morgan fingerprint density at radius 1 is 1.12 bits per heavy atom.